The molecule has 3 rings (SSSR count). The summed E-state index contributed by atoms with van der Waals surface area (Å²) in [7, 11) is 1.97. The van der Waals surface area contributed by atoms with Gasteiger partial charge in [-0.15, -0.1) is 0 Å². The predicted molar refractivity (Wildman–Crippen MR) is 111 cm³/mol. The third kappa shape index (κ3) is 5.05. The average molecular weight is 356 g/mol. The first kappa shape index (κ1) is 18.4. The van der Waals surface area contributed by atoms with E-state index in [2.05, 4.69) is 11.6 Å². The predicted octanol–water partition coefficient (Wildman–Crippen LogP) is 4.48. The summed E-state index contributed by atoms with van der Waals surface area (Å²) < 4.78 is 0. The molecule has 0 amide bonds. The van der Waals surface area contributed by atoms with Crippen LogP contribution in [0.25, 0.3) is 17.0 Å². The summed E-state index contributed by atoms with van der Waals surface area (Å²) in [6.07, 6.45) is 7.11. The molecule has 4 heteroatoms. The Morgan fingerprint density at radius 3 is 2.52 bits per heavy atom. The Hall–Kier alpha value is -3.40. The molecule has 0 bridgehead atoms. The van der Waals surface area contributed by atoms with Gasteiger partial charge in [0.05, 0.1) is 11.4 Å². The van der Waals surface area contributed by atoms with Gasteiger partial charge in [0.2, 0.25) is 0 Å². The largest absolute Gasteiger partial charge is 0.397 e. The number of pyridine rings is 2. The minimum atomic E-state index is 0.719. The van der Waals surface area contributed by atoms with Gasteiger partial charge in [-0.1, -0.05) is 43.0 Å². The zero-order valence-electron chi connectivity index (χ0n) is 15.5. The Labute approximate surface area is 160 Å². The van der Waals surface area contributed by atoms with Crippen LogP contribution in [-0.4, -0.2) is 21.9 Å². The van der Waals surface area contributed by atoms with Gasteiger partial charge in [-0.05, 0) is 42.7 Å². The third-order valence-corrected chi connectivity index (χ3v) is 4.39. The first-order valence-electron chi connectivity index (χ1n) is 8.93. The van der Waals surface area contributed by atoms with Crippen molar-refractivity contribution in [3.63, 3.8) is 0 Å². The van der Waals surface area contributed by atoms with E-state index in [-0.39, 0.29) is 0 Å². The molecule has 136 valence electrons. The zero-order chi connectivity index (χ0) is 19.1. The van der Waals surface area contributed by atoms with Gasteiger partial charge in [0.25, 0.3) is 0 Å². The summed E-state index contributed by atoms with van der Waals surface area (Å²) >= 11 is 0. The second-order valence-electron chi connectivity index (χ2n) is 6.38. The standard InChI is InChI=1S/C23H24N4/c1-18(27(2)17-22(24)19-7-4-3-5-8-19)11-12-21-9-6-10-23(26-21)20-13-15-25-16-14-20/h3-10,13-17H,1,11-12,24H2,2H3/b22-17-. The maximum Gasteiger partial charge on any atom is 0.0706 e. The van der Waals surface area contributed by atoms with Gasteiger partial charge in [0.15, 0.2) is 0 Å². The van der Waals surface area contributed by atoms with E-state index in [0.717, 1.165) is 46.8 Å². The van der Waals surface area contributed by atoms with E-state index in [1.807, 2.05) is 78.8 Å². The molecule has 2 heterocycles. The Bertz CT molecular complexity index is 917. The number of hydrogen-bond acceptors (Lipinski definition) is 4. The summed E-state index contributed by atoms with van der Waals surface area (Å²) in [5.74, 6) is 0. The molecular formula is C23H24N4. The van der Waals surface area contributed by atoms with Crippen LogP contribution in [0.1, 0.15) is 17.7 Å². The molecule has 0 spiro atoms. The molecular weight excluding hydrogens is 332 g/mol. The molecule has 3 aromatic rings. The molecule has 2 N–H and O–H groups in total. The highest BCUT2D eigenvalue weighted by molar-refractivity contribution is 5.62. The Balaban J connectivity index is 1.62. The number of nitrogens with two attached hydrogens (primary N) is 1. The minimum absolute atomic E-state index is 0.719. The van der Waals surface area contributed by atoms with Crippen LogP contribution in [0.2, 0.25) is 0 Å². The van der Waals surface area contributed by atoms with E-state index in [0.29, 0.717) is 0 Å². The molecule has 4 nitrogen and oxygen atoms in total. The van der Waals surface area contributed by atoms with Crippen molar-refractivity contribution < 1.29 is 0 Å². The van der Waals surface area contributed by atoms with Crippen LogP contribution >= 0.6 is 0 Å². The molecule has 0 aliphatic carbocycles. The second-order valence-corrected chi connectivity index (χ2v) is 6.38. The van der Waals surface area contributed by atoms with Crippen molar-refractivity contribution in [3.8, 4) is 11.3 Å². The molecule has 0 radical (unpaired) electrons. The van der Waals surface area contributed by atoms with Crippen molar-refractivity contribution >= 4 is 5.70 Å². The fourth-order valence-corrected chi connectivity index (χ4v) is 2.76. The van der Waals surface area contributed by atoms with Crippen molar-refractivity contribution in [2.75, 3.05) is 7.05 Å². The van der Waals surface area contributed by atoms with Crippen LogP contribution in [0.4, 0.5) is 0 Å². The van der Waals surface area contributed by atoms with Crippen LogP contribution in [0.3, 0.4) is 0 Å². The summed E-state index contributed by atoms with van der Waals surface area (Å²) in [5, 5.41) is 0. The van der Waals surface area contributed by atoms with Crippen molar-refractivity contribution in [2.45, 2.75) is 12.8 Å². The number of benzene rings is 1. The number of nitrogens with zero attached hydrogens (tertiary/aromatic N) is 3. The van der Waals surface area contributed by atoms with Crippen molar-refractivity contribution in [3.05, 3.63) is 103 Å². The Kier molecular flexibility index (Phi) is 6.00. The normalized spacial score (nSPS) is 11.2. The van der Waals surface area contributed by atoms with E-state index in [9.17, 15) is 0 Å². The number of aryl methyl sites for hydroxylation is 1. The van der Waals surface area contributed by atoms with Crippen LogP contribution in [-0.2, 0) is 6.42 Å². The average Bonchev–Trinajstić information content (AvgIpc) is 2.73. The summed E-state index contributed by atoms with van der Waals surface area (Å²) in [6, 6.07) is 20.0. The number of hydrogen-bond donors (Lipinski definition) is 1. The van der Waals surface area contributed by atoms with Gasteiger partial charge in [0, 0.05) is 42.6 Å². The molecule has 0 aliphatic rings. The maximum absolute atomic E-state index is 6.19. The highest BCUT2D eigenvalue weighted by Gasteiger charge is 2.05. The molecule has 0 atom stereocenters. The van der Waals surface area contributed by atoms with E-state index in [1.165, 1.54) is 0 Å². The SMILES string of the molecule is C=C(CCc1cccc(-c2ccncc2)n1)N(C)/C=C(\N)c1ccccc1. The van der Waals surface area contributed by atoms with Gasteiger partial charge in [-0.3, -0.25) is 9.97 Å². The topological polar surface area (TPSA) is 55.0 Å². The van der Waals surface area contributed by atoms with Gasteiger partial charge in [-0.25, -0.2) is 0 Å². The number of rotatable bonds is 7. The quantitative estimate of drug-likeness (QED) is 0.678. The van der Waals surface area contributed by atoms with Crippen LogP contribution in [0.15, 0.2) is 91.5 Å². The van der Waals surface area contributed by atoms with Gasteiger partial charge < -0.3 is 10.6 Å². The van der Waals surface area contributed by atoms with E-state index >= 15 is 0 Å². The molecule has 0 saturated heterocycles. The molecule has 0 saturated carbocycles. The Morgan fingerprint density at radius 1 is 1.04 bits per heavy atom. The molecule has 0 aliphatic heterocycles. The van der Waals surface area contributed by atoms with Crippen LogP contribution in [0, 0.1) is 0 Å². The summed E-state index contributed by atoms with van der Waals surface area (Å²) in [6.45, 7) is 4.19. The monoisotopic (exact) mass is 356 g/mol. The van der Waals surface area contributed by atoms with Gasteiger partial charge in [-0.2, -0.15) is 0 Å². The van der Waals surface area contributed by atoms with E-state index in [4.69, 9.17) is 10.7 Å². The second kappa shape index (κ2) is 8.81. The van der Waals surface area contributed by atoms with Crippen molar-refractivity contribution in [2.24, 2.45) is 5.73 Å². The van der Waals surface area contributed by atoms with Gasteiger partial charge in [0.1, 0.15) is 0 Å². The smallest absolute Gasteiger partial charge is 0.0706 e. The lowest BCUT2D eigenvalue weighted by atomic mass is 10.1. The lowest BCUT2D eigenvalue weighted by Gasteiger charge is -2.18. The number of allylic oxidation sites excluding steroid dienone is 1. The number of aromatic nitrogens is 2. The molecule has 0 unspecified atom stereocenters. The molecule has 2 aromatic heterocycles. The highest BCUT2D eigenvalue weighted by Crippen LogP contribution is 2.18. The van der Waals surface area contributed by atoms with E-state index < -0.39 is 0 Å². The maximum atomic E-state index is 6.19. The first-order chi connectivity index (χ1) is 13.1. The fourth-order valence-electron chi connectivity index (χ4n) is 2.76. The summed E-state index contributed by atoms with van der Waals surface area (Å²) in [5.41, 5.74) is 12.0. The van der Waals surface area contributed by atoms with Crippen molar-refractivity contribution in [1.82, 2.24) is 14.9 Å². The summed E-state index contributed by atoms with van der Waals surface area (Å²) in [4.78, 5) is 10.8. The third-order valence-electron chi connectivity index (χ3n) is 4.39. The zero-order valence-corrected chi connectivity index (χ0v) is 15.5. The fraction of sp³-hybridized carbons (Fsp3) is 0.130. The van der Waals surface area contributed by atoms with Gasteiger partial charge >= 0.3 is 0 Å². The first-order valence-corrected chi connectivity index (χ1v) is 8.93. The Morgan fingerprint density at radius 2 is 1.78 bits per heavy atom. The minimum Gasteiger partial charge on any atom is -0.397 e. The van der Waals surface area contributed by atoms with Crippen LogP contribution in [0.5, 0.6) is 0 Å². The molecule has 1 aromatic carbocycles. The van der Waals surface area contributed by atoms with E-state index in [1.54, 1.807) is 12.4 Å². The molecule has 27 heavy (non-hydrogen) atoms. The highest BCUT2D eigenvalue weighted by atomic mass is 15.1. The lowest BCUT2D eigenvalue weighted by Crippen LogP contribution is -2.13. The lowest BCUT2D eigenvalue weighted by molar-refractivity contribution is 0.539. The van der Waals surface area contributed by atoms with Crippen LogP contribution < -0.4 is 5.73 Å². The van der Waals surface area contributed by atoms with Crippen molar-refractivity contribution in [1.29, 1.82) is 0 Å². The molecule has 0 fully saturated rings.